The lowest BCUT2D eigenvalue weighted by atomic mass is 9.97. The minimum Gasteiger partial charge on any atom is -0.416 e. The van der Waals surface area contributed by atoms with Crippen molar-refractivity contribution >= 4 is 29.2 Å². The Morgan fingerprint density at radius 2 is 1.87 bits per heavy atom. The van der Waals surface area contributed by atoms with Crippen LogP contribution in [0.3, 0.4) is 0 Å². The van der Waals surface area contributed by atoms with Crippen LogP contribution in [0.4, 0.5) is 4.39 Å². The highest BCUT2D eigenvalue weighted by molar-refractivity contribution is 6.32. The van der Waals surface area contributed by atoms with Crippen molar-refractivity contribution in [2.24, 2.45) is 0 Å². The molecule has 1 N–H and O–H groups in total. The van der Waals surface area contributed by atoms with E-state index in [0.717, 1.165) is 22.3 Å². The quantitative estimate of drug-likeness (QED) is 0.486. The minimum atomic E-state index is -0.322. The molecule has 5 rings (SSSR count). The maximum absolute atomic E-state index is 14.7. The van der Waals surface area contributed by atoms with Crippen molar-refractivity contribution in [1.82, 2.24) is 14.1 Å². The van der Waals surface area contributed by atoms with Gasteiger partial charge in [-0.15, -0.1) is 0 Å². The van der Waals surface area contributed by atoms with Crippen LogP contribution < -0.4 is 4.67 Å². The predicted molar refractivity (Wildman–Crippen MR) is 115 cm³/mol. The number of aliphatic hydroxyl groups is 1. The molecule has 0 saturated carbocycles. The molecule has 0 saturated heterocycles. The molecule has 0 unspecified atom stereocenters. The molecule has 2 aromatic heterocycles. The van der Waals surface area contributed by atoms with Crippen molar-refractivity contribution in [3.63, 3.8) is 0 Å². The number of imidazole rings is 1. The topological polar surface area (TPSA) is 60.9 Å². The Hall–Kier alpha value is -3.60. The van der Waals surface area contributed by atoms with Crippen molar-refractivity contribution in [3.8, 4) is 22.4 Å². The van der Waals surface area contributed by atoms with E-state index in [4.69, 9.17) is 26.4 Å². The van der Waals surface area contributed by atoms with Crippen molar-refractivity contribution in [2.75, 3.05) is 0 Å². The van der Waals surface area contributed by atoms with E-state index < -0.39 is 0 Å². The van der Waals surface area contributed by atoms with E-state index in [-0.39, 0.29) is 11.9 Å². The molecule has 30 heavy (non-hydrogen) atoms. The van der Waals surface area contributed by atoms with Gasteiger partial charge in [0.1, 0.15) is 28.7 Å². The summed E-state index contributed by atoms with van der Waals surface area (Å²) in [6, 6.07) is 16.4. The van der Waals surface area contributed by atoms with E-state index in [1.165, 1.54) is 6.07 Å². The van der Waals surface area contributed by atoms with Gasteiger partial charge in [-0.1, -0.05) is 48.0 Å². The van der Waals surface area contributed by atoms with E-state index in [2.05, 4.69) is 4.67 Å². The van der Waals surface area contributed by atoms with Gasteiger partial charge in [0.15, 0.2) is 0 Å². The number of nitrogens with zero attached hydrogens (tertiary/aromatic N) is 3. The summed E-state index contributed by atoms with van der Waals surface area (Å²) in [4.78, 5) is 4.72. The first-order valence-electron chi connectivity index (χ1n) is 9.33. The normalized spacial score (nSPS) is 12.9. The summed E-state index contributed by atoms with van der Waals surface area (Å²) in [5, 5.41) is 9.48. The van der Waals surface area contributed by atoms with Gasteiger partial charge in [0, 0.05) is 22.0 Å². The number of hydrogen-bond acceptors (Lipinski definition) is 2. The summed E-state index contributed by atoms with van der Waals surface area (Å²) in [6.07, 6.45) is 1.93. The molecule has 0 aliphatic carbocycles. The summed E-state index contributed by atoms with van der Waals surface area (Å²) in [7, 11) is 0. The highest BCUT2D eigenvalue weighted by Crippen LogP contribution is 2.37. The van der Waals surface area contributed by atoms with Crippen LogP contribution in [-0.2, 0) is 11.2 Å². The van der Waals surface area contributed by atoms with Gasteiger partial charge in [-0.05, 0) is 41.8 Å². The number of aromatic nitrogens is 2. The van der Waals surface area contributed by atoms with Gasteiger partial charge >= 0.3 is 12.0 Å². The highest BCUT2D eigenvalue weighted by Gasteiger charge is 2.31. The second kappa shape index (κ2) is 7.02. The zero-order valence-corrected chi connectivity index (χ0v) is 16.7. The van der Waals surface area contributed by atoms with Crippen LogP contribution in [0.15, 0.2) is 60.8 Å². The lowest BCUT2D eigenvalue weighted by Gasteiger charge is -2.10. The van der Waals surface area contributed by atoms with Crippen molar-refractivity contribution in [1.29, 1.82) is 0 Å². The predicted octanol–water partition coefficient (Wildman–Crippen LogP) is 4.72. The standard InChI is InChI=1S/C23H15ClFN3O2/c1-13-6-7-16(18(25)10-13)15-4-2-3-5-17(15)21-22(24)28-9-8-14(11-19(28)26-21)12-20-27-23(29)30-20/h2-11H,12H2,1H3/p+1. The fraction of sp³-hybridized carbons (Fsp3) is 0.0870. The van der Waals surface area contributed by atoms with Gasteiger partial charge in [0.25, 0.3) is 0 Å². The van der Waals surface area contributed by atoms with Crippen LogP contribution in [0, 0.1) is 12.7 Å². The van der Waals surface area contributed by atoms with Gasteiger partial charge < -0.3 is 5.11 Å². The van der Waals surface area contributed by atoms with Crippen molar-refractivity contribution in [2.45, 2.75) is 13.3 Å². The van der Waals surface area contributed by atoms with Crippen LogP contribution in [0.25, 0.3) is 28.0 Å². The molecular weight excluding hydrogens is 405 g/mol. The Balaban J connectivity index is 1.62. The summed E-state index contributed by atoms with van der Waals surface area (Å²) >= 11 is 6.65. The molecule has 0 spiro atoms. The zero-order valence-electron chi connectivity index (χ0n) is 15.9. The molecule has 0 amide bonds. The van der Waals surface area contributed by atoms with Crippen LogP contribution in [0.5, 0.6) is 0 Å². The van der Waals surface area contributed by atoms with E-state index >= 15 is 0 Å². The molecule has 0 fully saturated rings. The average Bonchev–Trinajstić information content (AvgIpc) is 3.03. The van der Waals surface area contributed by atoms with E-state index in [1.54, 1.807) is 10.5 Å². The van der Waals surface area contributed by atoms with Gasteiger partial charge in [0.2, 0.25) is 0 Å². The fourth-order valence-corrected chi connectivity index (χ4v) is 3.86. The molecule has 7 heteroatoms. The van der Waals surface area contributed by atoms with E-state index in [0.29, 0.717) is 34.4 Å². The molecule has 1 aliphatic rings. The fourth-order valence-electron chi connectivity index (χ4n) is 3.57. The summed E-state index contributed by atoms with van der Waals surface area (Å²) < 4.78 is 25.2. The monoisotopic (exact) mass is 420 g/mol. The van der Waals surface area contributed by atoms with Gasteiger partial charge in [-0.3, -0.25) is 9.14 Å². The molecule has 0 bridgehead atoms. The van der Waals surface area contributed by atoms with Gasteiger partial charge in [0.05, 0.1) is 0 Å². The molecule has 3 heterocycles. The van der Waals surface area contributed by atoms with Crippen LogP contribution >= 0.6 is 11.6 Å². The molecule has 148 valence electrons. The summed E-state index contributed by atoms with van der Waals surface area (Å²) in [5.41, 5.74) is 4.98. The number of aliphatic hydroxyl groups excluding tert-OH is 1. The largest absolute Gasteiger partial charge is 0.687 e. The van der Waals surface area contributed by atoms with Crippen LogP contribution in [-0.4, -0.2) is 26.5 Å². The summed E-state index contributed by atoms with van der Waals surface area (Å²) in [5.74, 6) is 0.154. The summed E-state index contributed by atoms with van der Waals surface area (Å²) in [6.45, 7) is 1.86. The first kappa shape index (κ1) is 18.4. The average molecular weight is 421 g/mol. The second-order valence-electron chi connectivity index (χ2n) is 7.11. The molecule has 0 atom stereocenters. The number of halogens is 2. The number of fused-ring (bicyclic) bond motifs is 1. The number of pyridine rings is 1. The SMILES string of the molecule is Cc1ccc(-c2ccccc2-c2nc3cc(CC4=[N+]=C(O)O4)ccn3c2Cl)c(F)c1. The number of rotatable bonds is 4. The zero-order chi connectivity index (χ0) is 20.8. The van der Waals surface area contributed by atoms with E-state index in [1.807, 2.05) is 55.6 Å². The molecule has 5 nitrogen and oxygen atoms in total. The molecule has 0 radical (unpaired) electrons. The Bertz CT molecular complexity index is 1390. The third-order valence-electron chi connectivity index (χ3n) is 5.01. The second-order valence-corrected chi connectivity index (χ2v) is 7.47. The lowest BCUT2D eigenvalue weighted by Crippen LogP contribution is -2.28. The Kier molecular flexibility index (Phi) is 4.31. The number of benzene rings is 2. The molecule has 2 aromatic carbocycles. The maximum atomic E-state index is 14.7. The maximum Gasteiger partial charge on any atom is 0.687 e. The Morgan fingerprint density at radius 1 is 1.10 bits per heavy atom. The minimum absolute atomic E-state index is 0.286. The molecule has 1 aliphatic heterocycles. The Labute approximate surface area is 176 Å². The first-order valence-corrected chi connectivity index (χ1v) is 9.71. The third-order valence-corrected chi connectivity index (χ3v) is 5.38. The van der Waals surface area contributed by atoms with Gasteiger partial charge in [-0.2, -0.15) is 0 Å². The van der Waals surface area contributed by atoms with Crippen LogP contribution in [0.2, 0.25) is 5.15 Å². The van der Waals surface area contributed by atoms with Gasteiger partial charge in [-0.25, -0.2) is 9.37 Å². The third kappa shape index (κ3) is 3.12. The lowest BCUT2D eigenvalue weighted by molar-refractivity contribution is 0.334. The van der Waals surface area contributed by atoms with Crippen molar-refractivity contribution in [3.05, 3.63) is 82.9 Å². The smallest absolute Gasteiger partial charge is 0.416 e. The van der Waals surface area contributed by atoms with Crippen molar-refractivity contribution < 1.29 is 14.2 Å². The number of aryl methyl sites for hydroxylation is 1. The number of hydrogen-bond donors (Lipinski definition) is 1. The highest BCUT2D eigenvalue weighted by atomic mass is 35.5. The van der Waals surface area contributed by atoms with Crippen LogP contribution in [0.1, 0.15) is 11.1 Å². The molecular formula is C23H16ClFN3O2+. The molecule has 4 aromatic rings. The number of ether oxygens (including phenoxy) is 1. The van der Waals surface area contributed by atoms with E-state index in [9.17, 15) is 4.39 Å². The first-order chi connectivity index (χ1) is 14.5. The Morgan fingerprint density at radius 3 is 2.60 bits per heavy atom.